The van der Waals surface area contributed by atoms with Crippen LogP contribution in [0, 0.1) is 5.82 Å². The lowest BCUT2D eigenvalue weighted by molar-refractivity contribution is 0.0173. The fraction of sp³-hybridized carbons (Fsp3) is 0.438. The number of rotatable bonds is 4. The zero-order chi connectivity index (χ0) is 17.5. The van der Waals surface area contributed by atoms with Crippen molar-refractivity contribution in [3.8, 4) is 0 Å². The minimum atomic E-state index is -3.63. The van der Waals surface area contributed by atoms with Gasteiger partial charge in [-0.25, -0.2) is 17.8 Å². The van der Waals surface area contributed by atoms with E-state index in [1.165, 1.54) is 39.9 Å². The van der Waals surface area contributed by atoms with Crippen molar-refractivity contribution in [3.63, 3.8) is 0 Å². The SMILES string of the molecule is O=S(=O)(c1ccc(F)cc1)N1CCC2(CC(Nc3nccs3)CO2)C1. The van der Waals surface area contributed by atoms with Crippen molar-refractivity contribution in [3.05, 3.63) is 41.7 Å². The Balaban J connectivity index is 1.45. The number of hydrogen-bond donors (Lipinski definition) is 1. The van der Waals surface area contributed by atoms with Crippen molar-refractivity contribution >= 4 is 26.5 Å². The molecule has 1 aromatic carbocycles. The molecule has 2 saturated heterocycles. The van der Waals surface area contributed by atoms with Gasteiger partial charge in [-0.1, -0.05) is 0 Å². The van der Waals surface area contributed by atoms with Gasteiger partial charge in [0, 0.05) is 31.1 Å². The van der Waals surface area contributed by atoms with Crippen LogP contribution in [0.4, 0.5) is 9.52 Å². The normalized spacial score (nSPS) is 27.2. The molecule has 2 fully saturated rings. The second-order valence-electron chi connectivity index (χ2n) is 6.42. The van der Waals surface area contributed by atoms with E-state index in [0.717, 1.165) is 11.6 Å². The molecule has 3 heterocycles. The number of thiazole rings is 1. The Bertz CT molecular complexity index is 842. The Kier molecular flexibility index (Phi) is 4.27. The highest BCUT2D eigenvalue weighted by Gasteiger charge is 2.48. The molecule has 1 N–H and O–H groups in total. The molecule has 0 radical (unpaired) electrons. The summed E-state index contributed by atoms with van der Waals surface area (Å²) in [6.45, 7) is 1.26. The van der Waals surface area contributed by atoms with Crippen LogP contribution in [0.3, 0.4) is 0 Å². The second kappa shape index (κ2) is 6.31. The van der Waals surface area contributed by atoms with E-state index in [1.807, 2.05) is 5.38 Å². The van der Waals surface area contributed by atoms with E-state index in [-0.39, 0.29) is 10.9 Å². The summed E-state index contributed by atoms with van der Waals surface area (Å²) in [7, 11) is -3.63. The number of nitrogens with one attached hydrogen (secondary N) is 1. The van der Waals surface area contributed by atoms with Crippen LogP contribution in [0.15, 0.2) is 40.7 Å². The first kappa shape index (κ1) is 16.9. The number of aromatic nitrogens is 1. The topological polar surface area (TPSA) is 71.5 Å². The summed E-state index contributed by atoms with van der Waals surface area (Å²) in [6.07, 6.45) is 3.14. The number of benzene rings is 1. The third-order valence-corrected chi connectivity index (χ3v) is 7.27. The van der Waals surface area contributed by atoms with Gasteiger partial charge in [-0.05, 0) is 30.7 Å². The molecule has 6 nitrogen and oxygen atoms in total. The first-order chi connectivity index (χ1) is 12.0. The van der Waals surface area contributed by atoms with E-state index in [2.05, 4.69) is 10.3 Å². The minimum absolute atomic E-state index is 0.112. The highest BCUT2D eigenvalue weighted by atomic mass is 32.2. The van der Waals surface area contributed by atoms with Gasteiger partial charge in [-0.2, -0.15) is 4.31 Å². The molecule has 9 heteroatoms. The van der Waals surface area contributed by atoms with Crippen molar-refractivity contribution < 1.29 is 17.5 Å². The minimum Gasteiger partial charge on any atom is -0.371 e. The van der Waals surface area contributed by atoms with Crippen molar-refractivity contribution in [1.82, 2.24) is 9.29 Å². The maximum absolute atomic E-state index is 13.1. The number of anilines is 1. The molecule has 0 saturated carbocycles. The van der Waals surface area contributed by atoms with Crippen molar-refractivity contribution in [1.29, 1.82) is 0 Å². The summed E-state index contributed by atoms with van der Waals surface area (Å²) in [6, 6.07) is 5.06. The first-order valence-electron chi connectivity index (χ1n) is 8.03. The molecule has 25 heavy (non-hydrogen) atoms. The van der Waals surface area contributed by atoms with Gasteiger partial charge in [0.05, 0.1) is 23.1 Å². The molecule has 2 aliphatic rings. The van der Waals surface area contributed by atoms with Crippen molar-refractivity contribution in [2.24, 2.45) is 0 Å². The molecule has 1 aromatic heterocycles. The first-order valence-corrected chi connectivity index (χ1v) is 10.3. The zero-order valence-corrected chi connectivity index (χ0v) is 15.0. The molecule has 4 rings (SSSR count). The third kappa shape index (κ3) is 3.29. The van der Waals surface area contributed by atoms with Crippen LogP contribution in [0.25, 0.3) is 0 Å². The highest BCUT2D eigenvalue weighted by molar-refractivity contribution is 7.89. The van der Waals surface area contributed by atoms with E-state index >= 15 is 0 Å². The van der Waals surface area contributed by atoms with Crippen LogP contribution in [0.1, 0.15) is 12.8 Å². The molecule has 2 unspecified atom stereocenters. The van der Waals surface area contributed by atoms with Crippen LogP contribution in [0.2, 0.25) is 0 Å². The standard InChI is InChI=1S/C16H18FN3O3S2/c17-12-1-3-14(4-2-12)25(21,22)20-7-5-16(11-20)9-13(10-23-16)19-15-18-6-8-24-15/h1-4,6,8,13H,5,7,9-11H2,(H,18,19). The lowest BCUT2D eigenvalue weighted by Crippen LogP contribution is -2.36. The Morgan fingerprint density at radius 2 is 2.16 bits per heavy atom. The number of sulfonamides is 1. The number of hydrogen-bond acceptors (Lipinski definition) is 6. The van der Waals surface area contributed by atoms with Gasteiger partial charge in [0.2, 0.25) is 10.0 Å². The van der Waals surface area contributed by atoms with Gasteiger partial charge in [0.25, 0.3) is 0 Å². The van der Waals surface area contributed by atoms with Gasteiger partial charge in [-0.15, -0.1) is 11.3 Å². The lowest BCUT2D eigenvalue weighted by atomic mass is 9.97. The van der Waals surface area contributed by atoms with Gasteiger partial charge in [0.15, 0.2) is 5.13 Å². The number of ether oxygens (including phenoxy) is 1. The molecule has 134 valence electrons. The summed E-state index contributed by atoms with van der Waals surface area (Å²) < 4.78 is 46.0. The fourth-order valence-electron chi connectivity index (χ4n) is 3.46. The Labute approximate surface area is 149 Å². The fourth-order valence-corrected chi connectivity index (χ4v) is 5.58. The molecule has 0 amide bonds. The molecule has 1 spiro atoms. The van der Waals surface area contributed by atoms with E-state index in [0.29, 0.717) is 26.1 Å². The van der Waals surface area contributed by atoms with Gasteiger partial charge < -0.3 is 10.1 Å². The quantitative estimate of drug-likeness (QED) is 0.877. The Hall–Kier alpha value is -1.55. The maximum atomic E-state index is 13.1. The van der Waals surface area contributed by atoms with Crippen LogP contribution in [-0.2, 0) is 14.8 Å². The lowest BCUT2D eigenvalue weighted by Gasteiger charge is -2.23. The van der Waals surface area contributed by atoms with E-state index in [4.69, 9.17) is 4.74 Å². The summed E-state index contributed by atoms with van der Waals surface area (Å²) in [5, 5.41) is 6.09. The zero-order valence-electron chi connectivity index (χ0n) is 13.4. The Morgan fingerprint density at radius 1 is 1.36 bits per heavy atom. The van der Waals surface area contributed by atoms with Crippen molar-refractivity contribution in [2.45, 2.75) is 29.4 Å². The van der Waals surface area contributed by atoms with Crippen LogP contribution >= 0.6 is 11.3 Å². The summed E-state index contributed by atoms with van der Waals surface area (Å²) in [5.74, 6) is -0.452. The third-order valence-electron chi connectivity index (χ3n) is 4.70. The second-order valence-corrected chi connectivity index (χ2v) is 9.25. The predicted molar refractivity (Wildman–Crippen MR) is 92.6 cm³/mol. The largest absolute Gasteiger partial charge is 0.371 e. The molecular formula is C16H18FN3O3S2. The molecule has 0 bridgehead atoms. The summed E-state index contributed by atoms with van der Waals surface area (Å²) in [4.78, 5) is 4.32. The Morgan fingerprint density at radius 3 is 2.88 bits per heavy atom. The summed E-state index contributed by atoms with van der Waals surface area (Å²) >= 11 is 1.53. The number of nitrogens with zero attached hydrogens (tertiary/aromatic N) is 2. The van der Waals surface area contributed by atoms with E-state index < -0.39 is 21.4 Å². The average molecular weight is 383 g/mol. The maximum Gasteiger partial charge on any atom is 0.243 e. The van der Waals surface area contributed by atoms with Gasteiger partial charge >= 0.3 is 0 Å². The molecule has 2 aromatic rings. The summed E-state index contributed by atoms with van der Waals surface area (Å²) in [5.41, 5.74) is -0.456. The monoisotopic (exact) mass is 383 g/mol. The molecule has 2 aliphatic heterocycles. The highest BCUT2D eigenvalue weighted by Crippen LogP contribution is 2.38. The molecular weight excluding hydrogens is 365 g/mol. The van der Waals surface area contributed by atoms with E-state index in [1.54, 1.807) is 6.20 Å². The van der Waals surface area contributed by atoms with Gasteiger partial charge in [-0.3, -0.25) is 0 Å². The average Bonchev–Trinajstić information content (AvgIpc) is 3.32. The van der Waals surface area contributed by atoms with Crippen LogP contribution in [-0.4, -0.2) is 49.0 Å². The predicted octanol–water partition coefficient (Wildman–Crippen LogP) is 2.32. The molecule has 0 aliphatic carbocycles. The van der Waals surface area contributed by atoms with Gasteiger partial charge in [0.1, 0.15) is 5.82 Å². The van der Waals surface area contributed by atoms with Crippen molar-refractivity contribution in [2.75, 3.05) is 25.0 Å². The smallest absolute Gasteiger partial charge is 0.243 e. The molecule has 2 atom stereocenters. The van der Waals surface area contributed by atoms with Crippen LogP contribution in [0.5, 0.6) is 0 Å². The number of halogens is 1. The van der Waals surface area contributed by atoms with E-state index in [9.17, 15) is 12.8 Å². The van der Waals surface area contributed by atoms with Crippen LogP contribution < -0.4 is 5.32 Å².